The zero-order valence-electron chi connectivity index (χ0n) is 10.6. The molecular formula is C15H16BrNOS. The van der Waals surface area contributed by atoms with E-state index in [1.165, 1.54) is 16.5 Å². The molecule has 0 bridgehead atoms. The molecule has 2 heterocycles. The maximum atomic E-state index is 12.7. The molecule has 1 aromatic carbocycles. The lowest BCUT2D eigenvalue weighted by Gasteiger charge is -2.34. The largest absolute Gasteiger partial charge is 0.334 e. The zero-order valence-corrected chi connectivity index (χ0v) is 13.0. The summed E-state index contributed by atoms with van der Waals surface area (Å²) < 4.78 is 1.19. The molecule has 1 amide bonds. The number of carbonyl (C=O) groups is 1. The fourth-order valence-electron chi connectivity index (χ4n) is 2.66. The summed E-state index contributed by atoms with van der Waals surface area (Å²) in [6, 6.07) is 10.6. The van der Waals surface area contributed by atoms with Crippen LogP contribution in [0.5, 0.6) is 0 Å². The molecular weight excluding hydrogens is 322 g/mol. The summed E-state index contributed by atoms with van der Waals surface area (Å²) >= 11 is 5.14. The van der Waals surface area contributed by atoms with E-state index in [0.29, 0.717) is 6.04 Å². The summed E-state index contributed by atoms with van der Waals surface area (Å²) in [5.74, 6) is 0.199. The van der Waals surface area contributed by atoms with Gasteiger partial charge in [0, 0.05) is 22.6 Å². The minimum atomic E-state index is 0.199. The SMILES string of the molecule is O=C(c1cc2ccccc2s1)N1CCCCC1CBr. The van der Waals surface area contributed by atoms with E-state index in [1.54, 1.807) is 11.3 Å². The van der Waals surface area contributed by atoms with Crippen LogP contribution in [0.4, 0.5) is 0 Å². The predicted molar refractivity (Wildman–Crippen MR) is 84.3 cm³/mol. The van der Waals surface area contributed by atoms with Gasteiger partial charge in [0.1, 0.15) is 0 Å². The Morgan fingerprint density at radius 2 is 2.21 bits per heavy atom. The number of benzene rings is 1. The maximum absolute atomic E-state index is 12.7. The number of amides is 1. The van der Waals surface area contributed by atoms with Crippen molar-refractivity contribution >= 4 is 43.3 Å². The van der Waals surface area contributed by atoms with Crippen LogP contribution in [0.15, 0.2) is 30.3 Å². The van der Waals surface area contributed by atoms with Crippen LogP contribution in [0, 0.1) is 0 Å². The molecule has 3 rings (SSSR count). The molecule has 1 aliphatic rings. The second kappa shape index (κ2) is 5.63. The summed E-state index contributed by atoms with van der Waals surface area (Å²) in [5, 5.41) is 2.05. The highest BCUT2D eigenvalue weighted by Crippen LogP contribution is 2.28. The highest BCUT2D eigenvalue weighted by Gasteiger charge is 2.27. The van der Waals surface area contributed by atoms with Gasteiger partial charge in [-0.15, -0.1) is 11.3 Å². The van der Waals surface area contributed by atoms with Gasteiger partial charge in [0.05, 0.1) is 4.88 Å². The van der Waals surface area contributed by atoms with Gasteiger partial charge in [0.25, 0.3) is 5.91 Å². The van der Waals surface area contributed by atoms with Crippen LogP contribution in [-0.4, -0.2) is 28.7 Å². The lowest BCUT2D eigenvalue weighted by Crippen LogP contribution is -2.44. The van der Waals surface area contributed by atoms with E-state index >= 15 is 0 Å². The first-order valence-corrected chi connectivity index (χ1v) is 8.59. The van der Waals surface area contributed by atoms with Crippen molar-refractivity contribution in [3.05, 3.63) is 35.2 Å². The minimum absolute atomic E-state index is 0.199. The van der Waals surface area contributed by atoms with E-state index in [1.807, 2.05) is 23.1 Å². The van der Waals surface area contributed by atoms with Crippen LogP contribution in [0.3, 0.4) is 0 Å². The Kier molecular flexibility index (Phi) is 3.89. The molecule has 0 N–H and O–H groups in total. The van der Waals surface area contributed by atoms with Gasteiger partial charge >= 0.3 is 0 Å². The number of halogens is 1. The number of rotatable bonds is 2. The number of likely N-dealkylation sites (tertiary alicyclic amines) is 1. The molecule has 2 nitrogen and oxygen atoms in total. The third-order valence-electron chi connectivity index (χ3n) is 3.70. The Morgan fingerprint density at radius 1 is 1.37 bits per heavy atom. The highest BCUT2D eigenvalue weighted by molar-refractivity contribution is 9.09. The standard InChI is InChI=1S/C15H16BrNOS/c16-10-12-6-3-4-8-17(12)15(18)14-9-11-5-1-2-7-13(11)19-14/h1-2,5,7,9,12H,3-4,6,8,10H2. The molecule has 0 radical (unpaired) electrons. The molecule has 1 unspecified atom stereocenters. The number of alkyl halides is 1. The average Bonchev–Trinajstić information content (AvgIpc) is 2.90. The van der Waals surface area contributed by atoms with E-state index in [9.17, 15) is 4.79 Å². The van der Waals surface area contributed by atoms with Crippen LogP contribution in [0.1, 0.15) is 28.9 Å². The molecule has 1 aliphatic heterocycles. The molecule has 1 atom stereocenters. The second-order valence-corrected chi connectivity index (χ2v) is 6.68. The molecule has 0 saturated carbocycles. The highest BCUT2D eigenvalue weighted by atomic mass is 79.9. The Labute approximate surface area is 125 Å². The van der Waals surface area contributed by atoms with Crippen molar-refractivity contribution in [3.8, 4) is 0 Å². The summed E-state index contributed by atoms with van der Waals surface area (Å²) in [4.78, 5) is 15.6. The van der Waals surface area contributed by atoms with Crippen molar-refractivity contribution in [1.82, 2.24) is 4.90 Å². The van der Waals surface area contributed by atoms with Crippen molar-refractivity contribution in [1.29, 1.82) is 0 Å². The maximum Gasteiger partial charge on any atom is 0.264 e. The Balaban J connectivity index is 1.89. The van der Waals surface area contributed by atoms with Gasteiger partial charge in [-0.3, -0.25) is 4.79 Å². The number of carbonyl (C=O) groups excluding carboxylic acids is 1. The van der Waals surface area contributed by atoms with Crippen molar-refractivity contribution < 1.29 is 4.79 Å². The summed E-state index contributed by atoms with van der Waals surface area (Å²) in [7, 11) is 0. The van der Waals surface area contributed by atoms with Crippen molar-refractivity contribution in [2.24, 2.45) is 0 Å². The molecule has 2 aromatic rings. The number of hydrogen-bond donors (Lipinski definition) is 0. The predicted octanol–water partition coefficient (Wildman–Crippen LogP) is 4.29. The first-order valence-electron chi connectivity index (χ1n) is 6.65. The first kappa shape index (κ1) is 13.1. The number of nitrogens with zero attached hydrogens (tertiary/aromatic N) is 1. The fourth-order valence-corrected chi connectivity index (χ4v) is 4.35. The van der Waals surface area contributed by atoms with Gasteiger partial charge in [0.2, 0.25) is 0 Å². The molecule has 1 saturated heterocycles. The van der Waals surface area contributed by atoms with Crippen LogP contribution in [-0.2, 0) is 0 Å². The lowest BCUT2D eigenvalue weighted by molar-refractivity contribution is 0.0647. The third-order valence-corrected chi connectivity index (χ3v) is 5.55. The molecule has 4 heteroatoms. The van der Waals surface area contributed by atoms with Crippen molar-refractivity contribution in [2.75, 3.05) is 11.9 Å². The van der Waals surface area contributed by atoms with E-state index in [0.717, 1.165) is 29.6 Å². The average molecular weight is 338 g/mol. The third kappa shape index (κ3) is 2.56. The number of piperidine rings is 1. The van der Waals surface area contributed by atoms with E-state index < -0.39 is 0 Å². The smallest absolute Gasteiger partial charge is 0.264 e. The van der Waals surface area contributed by atoms with Gasteiger partial charge < -0.3 is 4.90 Å². The molecule has 100 valence electrons. The Morgan fingerprint density at radius 3 is 3.00 bits per heavy atom. The first-order chi connectivity index (χ1) is 9.29. The fraction of sp³-hybridized carbons (Fsp3) is 0.400. The molecule has 1 fully saturated rings. The van der Waals surface area contributed by atoms with E-state index in [2.05, 4.69) is 28.1 Å². The van der Waals surface area contributed by atoms with Crippen LogP contribution >= 0.6 is 27.3 Å². The summed E-state index contributed by atoms with van der Waals surface area (Å²) in [5.41, 5.74) is 0. The van der Waals surface area contributed by atoms with Gasteiger partial charge in [-0.1, -0.05) is 34.1 Å². The van der Waals surface area contributed by atoms with Gasteiger partial charge in [-0.05, 0) is 36.8 Å². The second-order valence-electron chi connectivity index (χ2n) is 4.95. The van der Waals surface area contributed by atoms with Crippen molar-refractivity contribution in [2.45, 2.75) is 25.3 Å². The number of thiophene rings is 1. The normalized spacial score (nSPS) is 19.8. The summed E-state index contributed by atoms with van der Waals surface area (Å²) in [6.07, 6.45) is 3.47. The lowest BCUT2D eigenvalue weighted by atomic mass is 10.0. The Hall–Kier alpha value is -0.870. The molecule has 19 heavy (non-hydrogen) atoms. The number of fused-ring (bicyclic) bond motifs is 1. The minimum Gasteiger partial charge on any atom is -0.334 e. The van der Waals surface area contributed by atoms with Crippen molar-refractivity contribution in [3.63, 3.8) is 0 Å². The number of hydrogen-bond acceptors (Lipinski definition) is 2. The Bertz CT molecular complexity index is 562. The summed E-state index contributed by atoms with van der Waals surface area (Å²) in [6.45, 7) is 0.892. The van der Waals surface area contributed by atoms with Crippen LogP contribution < -0.4 is 0 Å². The van der Waals surface area contributed by atoms with Crippen LogP contribution in [0.2, 0.25) is 0 Å². The van der Waals surface area contributed by atoms with E-state index in [-0.39, 0.29) is 5.91 Å². The molecule has 1 aromatic heterocycles. The van der Waals surface area contributed by atoms with E-state index in [4.69, 9.17) is 0 Å². The molecule has 0 aliphatic carbocycles. The zero-order chi connectivity index (χ0) is 13.2. The molecule has 0 spiro atoms. The topological polar surface area (TPSA) is 20.3 Å². The monoisotopic (exact) mass is 337 g/mol. The van der Waals surface area contributed by atoms with Gasteiger partial charge in [-0.2, -0.15) is 0 Å². The van der Waals surface area contributed by atoms with Gasteiger partial charge in [0.15, 0.2) is 0 Å². The quantitative estimate of drug-likeness (QED) is 0.748. The van der Waals surface area contributed by atoms with Crippen LogP contribution in [0.25, 0.3) is 10.1 Å². The van der Waals surface area contributed by atoms with Gasteiger partial charge in [-0.25, -0.2) is 0 Å².